The summed E-state index contributed by atoms with van der Waals surface area (Å²) in [5, 5.41) is 9.21. The van der Waals surface area contributed by atoms with Gasteiger partial charge in [-0.05, 0) is 62.1 Å². The zero-order valence-corrected chi connectivity index (χ0v) is 23.4. The molecule has 2 heterocycles. The Morgan fingerprint density at radius 1 is 1.03 bits per heavy atom. The van der Waals surface area contributed by atoms with Crippen LogP contribution in [-0.2, 0) is 4.79 Å². The highest BCUT2D eigenvalue weighted by molar-refractivity contribution is 5.85. The van der Waals surface area contributed by atoms with Crippen LogP contribution in [0.4, 0.5) is 0 Å². The summed E-state index contributed by atoms with van der Waals surface area (Å²) in [6.07, 6.45) is 4.03. The molecule has 3 unspecified atom stereocenters. The maximum absolute atomic E-state index is 12.7. The lowest BCUT2D eigenvalue weighted by Gasteiger charge is -2.41. The van der Waals surface area contributed by atoms with E-state index in [-0.39, 0.29) is 11.5 Å². The van der Waals surface area contributed by atoms with Gasteiger partial charge in [0.15, 0.2) is 17.3 Å². The molecule has 0 aliphatic carbocycles. The first-order chi connectivity index (χ1) is 18.2. The van der Waals surface area contributed by atoms with Gasteiger partial charge in [0.25, 0.3) is 0 Å². The minimum atomic E-state index is -0.287. The molecule has 0 N–H and O–H groups in total. The summed E-state index contributed by atoms with van der Waals surface area (Å²) < 4.78 is 17.3. The Kier molecular flexibility index (Phi) is 8.96. The number of ether oxygens (including phenoxy) is 3. The minimum absolute atomic E-state index is 0.150. The lowest BCUT2D eigenvalue weighted by Crippen LogP contribution is -2.55. The van der Waals surface area contributed by atoms with E-state index in [9.17, 15) is 10.1 Å². The number of methoxy groups -OCH3 is 2. The van der Waals surface area contributed by atoms with E-state index in [0.717, 1.165) is 38.0 Å². The molecule has 2 aromatic rings. The molecule has 0 spiro atoms. The van der Waals surface area contributed by atoms with Crippen LogP contribution in [0.25, 0.3) is 0 Å². The molecule has 7 nitrogen and oxygen atoms in total. The molecule has 0 saturated carbocycles. The summed E-state index contributed by atoms with van der Waals surface area (Å²) in [5.41, 5.74) is 1.39. The second-order valence-electron chi connectivity index (χ2n) is 11.5. The SMILES string of the molecule is COc1ccc(OC(CCCN2CC3CCC(C2)N3CC(=O)C(C)(C)C)c2ccc(C#N)cc2)cc1OC. The van der Waals surface area contributed by atoms with Crippen molar-refractivity contribution in [3.63, 3.8) is 0 Å². The summed E-state index contributed by atoms with van der Waals surface area (Å²) in [6, 6.07) is 16.4. The van der Waals surface area contributed by atoms with Crippen molar-refractivity contribution in [1.29, 1.82) is 5.26 Å². The van der Waals surface area contributed by atoms with E-state index in [2.05, 4.69) is 15.9 Å². The molecule has 2 fully saturated rings. The Morgan fingerprint density at radius 2 is 1.68 bits per heavy atom. The van der Waals surface area contributed by atoms with Gasteiger partial charge in [0, 0.05) is 36.7 Å². The number of Topliss-reactive ketones (excluding diaryl/α,β-unsaturated/α-hetero) is 1. The maximum atomic E-state index is 12.7. The van der Waals surface area contributed by atoms with Crippen LogP contribution in [0.5, 0.6) is 17.2 Å². The normalized spacial score (nSPS) is 20.5. The molecule has 2 aliphatic rings. The quantitative estimate of drug-likeness (QED) is 0.402. The predicted molar refractivity (Wildman–Crippen MR) is 148 cm³/mol. The van der Waals surface area contributed by atoms with Gasteiger partial charge in [-0.15, -0.1) is 0 Å². The number of likely N-dealkylation sites (tertiary alicyclic amines) is 1. The third-order valence-electron chi connectivity index (χ3n) is 7.86. The molecule has 4 rings (SSSR count). The largest absolute Gasteiger partial charge is 0.493 e. The number of hydrogen-bond donors (Lipinski definition) is 0. The number of benzene rings is 2. The topological polar surface area (TPSA) is 75.0 Å². The maximum Gasteiger partial charge on any atom is 0.164 e. The van der Waals surface area contributed by atoms with E-state index >= 15 is 0 Å². The van der Waals surface area contributed by atoms with Gasteiger partial charge < -0.3 is 19.1 Å². The molecule has 7 heteroatoms. The molecule has 0 amide bonds. The second-order valence-corrected chi connectivity index (χ2v) is 11.5. The number of carbonyl (C=O) groups excluding carboxylic acids is 1. The van der Waals surface area contributed by atoms with Crippen molar-refractivity contribution in [2.45, 2.75) is 64.6 Å². The van der Waals surface area contributed by atoms with Crippen LogP contribution in [0, 0.1) is 16.7 Å². The lowest BCUT2D eigenvalue weighted by atomic mass is 9.90. The van der Waals surface area contributed by atoms with Crippen LogP contribution < -0.4 is 14.2 Å². The van der Waals surface area contributed by atoms with Crippen LogP contribution in [0.1, 0.15) is 63.7 Å². The van der Waals surface area contributed by atoms with Crippen molar-refractivity contribution in [3.8, 4) is 23.3 Å². The fourth-order valence-corrected chi connectivity index (χ4v) is 5.54. The van der Waals surface area contributed by atoms with E-state index in [0.29, 0.717) is 47.2 Å². The molecule has 2 aromatic carbocycles. The number of nitriles is 1. The van der Waals surface area contributed by atoms with E-state index in [1.807, 2.05) is 63.2 Å². The third kappa shape index (κ3) is 6.67. The number of hydrogen-bond acceptors (Lipinski definition) is 7. The summed E-state index contributed by atoms with van der Waals surface area (Å²) in [4.78, 5) is 17.7. The fraction of sp³-hybridized carbons (Fsp3) is 0.548. The molecule has 3 atom stereocenters. The van der Waals surface area contributed by atoms with Gasteiger partial charge in [-0.3, -0.25) is 9.69 Å². The molecule has 2 bridgehead atoms. The van der Waals surface area contributed by atoms with Crippen LogP contribution in [0.15, 0.2) is 42.5 Å². The van der Waals surface area contributed by atoms with Crippen molar-refractivity contribution in [2.75, 3.05) is 40.4 Å². The Bertz CT molecular complexity index is 1120. The lowest BCUT2D eigenvalue weighted by molar-refractivity contribution is -0.129. The predicted octanol–water partition coefficient (Wildman–Crippen LogP) is 5.24. The van der Waals surface area contributed by atoms with Gasteiger partial charge in [0.05, 0.1) is 32.4 Å². The van der Waals surface area contributed by atoms with Crippen molar-refractivity contribution < 1.29 is 19.0 Å². The second kappa shape index (κ2) is 12.2. The summed E-state index contributed by atoms with van der Waals surface area (Å²) >= 11 is 0. The smallest absolute Gasteiger partial charge is 0.164 e. The number of nitrogens with zero attached hydrogens (tertiary/aromatic N) is 3. The molecular formula is C31H41N3O4. The van der Waals surface area contributed by atoms with Gasteiger partial charge >= 0.3 is 0 Å². The standard InChI is InChI=1S/C31H41N3O4/c1-31(2,3)30(35)21-34-24-12-13-25(34)20-33(19-24)16-6-7-27(23-10-8-22(18-32)9-11-23)38-26-14-15-28(36-4)29(17-26)37-5/h8-11,14-15,17,24-25,27H,6-7,12-13,16,19-21H2,1-5H3. The molecule has 0 aromatic heterocycles. The first-order valence-corrected chi connectivity index (χ1v) is 13.6. The first-order valence-electron chi connectivity index (χ1n) is 13.6. The summed E-state index contributed by atoms with van der Waals surface area (Å²) in [6.45, 7) is 9.66. The Morgan fingerprint density at radius 3 is 2.26 bits per heavy atom. The molecule has 204 valence electrons. The monoisotopic (exact) mass is 519 g/mol. The molecule has 2 aliphatic heterocycles. The van der Waals surface area contributed by atoms with Crippen molar-refractivity contribution in [1.82, 2.24) is 9.80 Å². The zero-order valence-electron chi connectivity index (χ0n) is 23.4. The number of carbonyl (C=O) groups is 1. The average Bonchev–Trinajstić information content (AvgIpc) is 3.13. The van der Waals surface area contributed by atoms with E-state index in [1.54, 1.807) is 14.2 Å². The van der Waals surface area contributed by atoms with Crippen molar-refractivity contribution >= 4 is 5.78 Å². The van der Waals surface area contributed by atoms with Crippen molar-refractivity contribution in [2.24, 2.45) is 5.41 Å². The molecule has 38 heavy (non-hydrogen) atoms. The fourth-order valence-electron chi connectivity index (χ4n) is 5.54. The number of rotatable bonds is 11. The third-order valence-corrected chi connectivity index (χ3v) is 7.86. The van der Waals surface area contributed by atoms with Gasteiger partial charge in [0.2, 0.25) is 0 Å². The van der Waals surface area contributed by atoms with Crippen molar-refractivity contribution in [3.05, 3.63) is 53.6 Å². The van der Waals surface area contributed by atoms with E-state index in [4.69, 9.17) is 14.2 Å². The number of ketones is 1. The van der Waals surface area contributed by atoms with Gasteiger partial charge in [-0.2, -0.15) is 5.26 Å². The molecule has 2 saturated heterocycles. The summed E-state index contributed by atoms with van der Waals surface area (Å²) in [7, 11) is 3.23. The molecule has 0 radical (unpaired) electrons. The highest BCUT2D eigenvalue weighted by Crippen LogP contribution is 2.35. The Balaban J connectivity index is 1.39. The van der Waals surface area contributed by atoms with Crippen LogP contribution in [0.2, 0.25) is 0 Å². The first kappa shape index (κ1) is 27.9. The Hall–Kier alpha value is -3.08. The number of piperazine rings is 1. The van der Waals surface area contributed by atoms with E-state index < -0.39 is 0 Å². The number of fused-ring (bicyclic) bond motifs is 2. The highest BCUT2D eigenvalue weighted by atomic mass is 16.5. The van der Waals surface area contributed by atoms with Crippen LogP contribution in [0.3, 0.4) is 0 Å². The average molecular weight is 520 g/mol. The minimum Gasteiger partial charge on any atom is -0.493 e. The zero-order chi connectivity index (χ0) is 27.3. The highest BCUT2D eigenvalue weighted by Gasteiger charge is 2.41. The van der Waals surface area contributed by atoms with Gasteiger partial charge in [-0.1, -0.05) is 32.9 Å². The Labute approximate surface area is 227 Å². The van der Waals surface area contributed by atoms with Crippen LogP contribution >= 0.6 is 0 Å². The van der Waals surface area contributed by atoms with Crippen LogP contribution in [-0.4, -0.2) is 68.1 Å². The van der Waals surface area contributed by atoms with Gasteiger partial charge in [0.1, 0.15) is 11.9 Å². The van der Waals surface area contributed by atoms with E-state index in [1.165, 1.54) is 12.8 Å². The van der Waals surface area contributed by atoms with Gasteiger partial charge in [-0.25, -0.2) is 0 Å². The summed E-state index contributed by atoms with van der Waals surface area (Å²) in [5.74, 6) is 2.34. The molecular weight excluding hydrogens is 478 g/mol.